The highest BCUT2D eigenvalue weighted by Gasteiger charge is 2.28. The van der Waals surface area contributed by atoms with E-state index in [1.165, 1.54) is 12.1 Å². The van der Waals surface area contributed by atoms with E-state index < -0.39 is 16.0 Å². The van der Waals surface area contributed by atoms with E-state index >= 15 is 0 Å². The van der Waals surface area contributed by atoms with Gasteiger partial charge in [0.25, 0.3) is 0 Å². The quantitative estimate of drug-likeness (QED) is 0.816. The highest BCUT2D eigenvalue weighted by molar-refractivity contribution is 7.89. The van der Waals surface area contributed by atoms with Gasteiger partial charge >= 0.3 is 5.97 Å². The third kappa shape index (κ3) is 2.80. The summed E-state index contributed by atoms with van der Waals surface area (Å²) in [5, 5.41) is 13.6. The molecule has 0 spiro atoms. The lowest BCUT2D eigenvalue weighted by molar-refractivity contribution is -0.138. The van der Waals surface area contributed by atoms with Crippen molar-refractivity contribution in [1.82, 2.24) is 0 Å². The Balaban J connectivity index is 1.99. The number of nitrogens with zero attached hydrogens (tertiary/aromatic N) is 1. The Bertz CT molecular complexity index is 547. The van der Waals surface area contributed by atoms with Crippen LogP contribution in [0.3, 0.4) is 0 Å². The zero-order valence-corrected chi connectivity index (χ0v) is 10.4. The second kappa shape index (κ2) is 4.58. The van der Waals surface area contributed by atoms with Crippen LogP contribution in [-0.2, 0) is 14.8 Å². The molecule has 0 aromatic heterocycles. The molecule has 1 aliphatic rings. The predicted octanol–water partition coefficient (Wildman–Crippen LogP) is 0.245. The largest absolute Gasteiger partial charge is 0.481 e. The maximum atomic E-state index is 11.1. The van der Waals surface area contributed by atoms with Crippen LogP contribution in [0.15, 0.2) is 29.2 Å². The Morgan fingerprint density at radius 1 is 1.33 bits per heavy atom. The molecule has 0 amide bonds. The van der Waals surface area contributed by atoms with Crippen LogP contribution in [0.2, 0.25) is 0 Å². The van der Waals surface area contributed by atoms with Gasteiger partial charge in [-0.25, -0.2) is 13.6 Å². The number of anilines is 1. The molecule has 0 bridgehead atoms. The minimum atomic E-state index is -3.66. The molecule has 1 heterocycles. The molecule has 2 rings (SSSR count). The van der Waals surface area contributed by atoms with Gasteiger partial charge in [-0.1, -0.05) is 0 Å². The van der Waals surface area contributed by atoms with Crippen LogP contribution >= 0.6 is 0 Å². The van der Waals surface area contributed by atoms with Gasteiger partial charge in [0.2, 0.25) is 10.0 Å². The number of nitrogens with two attached hydrogens (primary N) is 1. The summed E-state index contributed by atoms with van der Waals surface area (Å²) >= 11 is 0. The number of hydrogen-bond acceptors (Lipinski definition) is 4. The molecule has 0 saturated carbocycles. The zero-order valence-electron chi connectivity index (χ0n) is 9.61. The van der Waals surface area contributed by atoms with Crippen molar-refractivity contribution in [3.8, 4) is 0 Å². The fraction of sp³-hybridized carbons (Fsp3) is 0.364. The first-order valence-corrected chi connectivity index (χ1v) is 7.00. The summed E-state index contributed by atoms with van der Waals surface area (Å²) < 4.78 is 22.1. The Hall–Kier alpha value is -1.60. The monoisotopic (exact) mass is 270 g/mol. The average molecular weight is 270 g/mol. The molecular formula is C11H14N2O4S. The Labute approximate surface area is 105 Å². The number of carboxylic acids is 1. The normalized spacial score (nSPS) is 16.4. The number of aliphatic carboxylic acids is 1. The second-order valence-electron chi connectivity index (χ2n) is 4.41. The highest BCUT2D eigenvalue weighted by atomic mass is 32.2. The minimum Gasteiger partial charge on any atom is -0.481 e. The fourth-order valence-electron chi connectivity index (χ4n) is 2.00. The first kappa shape index (κ1) is 12.8. The molecule has 0 atom stereocenters. The van der Waals surface area contributed by atoms with Gasteiger partial charge in [0, 0.05) is 24.7 Å². The van der Waals surface area contributed by atoms with Crippen molar-refractivity contribution in [2.75, 3.05) is 18.0 Å². The standard InChI is InChI=1S/C11H14N2O4S/c12-18(16,17)10-3-1-9(2-4-10)13-6-8(7-13)5-11(14)15/h1-4,8H,5-7H2,(H,14,15)(H2,12,16,17). The number of primary sulfonamides is 1. The van der Waals surface area contributed by atoms with E-state index in [2.05, 4.69) is 0 Å². The van der Waals surface area contributed by atoms with Gasteiger partial charge in [0.15, 0.2) is 0 Å². The van der Waals surface area contributed by atoms with Gasteiger partial charge in [0.05, 0.1) is 11.3 Å². The van der Waals surface area contributed by atoms with E-state index in [0.717, 1.165) is 5.69 Å². The lowest BCUT2D eigenvalue weighted by Crippen LogP contribution is -2.47. The van der Waals surface area contributed by atoms with Crippen molar-refractivity contribution < 1.29 is 18.3 Å². The van der Waals surface area contributed by atoms with Gasteiger partial charge in [0.1, 0.15) is 0 Å². The number of rotatable bonds is 4. The van der Waals surface area contributed by atoms with Crippen LogP contribution in [0.1, 0.15) is 6.42 Å². The maximum absolute atomic E-state index is 11.1. The lowest BCUT2D eigenvalue weighted by atomic mass is 9.96. The molecule has 6 nitrogen and oxygen atoms in total. The highest BCUT2D eigenvalue weighted by Crippen LogP contribution is 2.27. The fourth-order valence-corrected chi connectivity index (χ4v) is 2.52. The second-order valence-corrected chi connectivity index (χ2v) is 5.97. The van der Waals surface area contributed by atoms with Crippen LogP contribution in [-0.4, -0.2) is 32.6 Å². The molecule has 1 aromatic rings. The molecule has 98 valence electrons. The van der Waals surface area contributed by atoms with Crippen LogP contribution in [0, 0.1) is 5.92 Å². The summed E-state index contributed by atoms with van der Waals surface area (Å²) in [5.74, 6) is -0.621. The molecule has 18 heavy (non-hydrogen) atoms. The Morgan fingerprint density at radius 2 is 1.89 bits per heavy atom. The smallest absolute Gasteiger partial charge is 0.303 e. The topological polar surface area (TPSA) is 101 Å². The summed E-state index contributed by atoms with van der Waals surface area (Å²) in [7, 11) is -3.66. The summed E-state index contributed by atoms with van der Waals surface area (Å²) in [6.45, 7) is 1.36. The number of carboxylic acid groups (broad SMARTS) is 1. The van der Waals surface area contributed by atoms with Crippen molar-refractivity contribution in [2.45, 2.75) is 11.3 Å². The van der Waals surface area contributed by atoms with Gasteiger partial charge in [-0.15, -0.1) is 0 Å². The van der Waals surface area contributed by atoms with Crippen molar-refractivity contribution in [2.24, 2.45) is 11.1 Å². The third-order valence-electron chi connectivity index (χ3n) is 2.95. The van der Waals surface area contributed by atoms with Gasteiger partial charge in [-0.2, -0.15) is 0 Å². The van der Waals surface area contributed by atoms with Crippen molar-refractivity contribution >= 4 is 21.7 Å². The lowest BCUT2D eigenvalue weighted by Gasteiger charge is -2.40. The summed E-state index contributed by atoms with van der Waals surface area (Å²) in [4.78, 5) is 12.6. The molecule has 7 heteroatoms. The molecule has 1 saturated heterocycles. The van der Waals surface area contributed by atoms with E-state index in [1.807, 2.05) is 4.90 Å². The minimum absolute atomic E-state index is 0.0776. The molecule has 0 aliphatic carbocycles. The van der Waals surface area contributed by atoms with E-state index in [0.29, 0.717) is 13.1 Å². The molecule has 1 fully saturated rings. The SMILES string of the molecule is NS(=O)(=O)c1ccc(N2CC(CC(=O)O)C2)cc1. The maximum Gasteiger partial charge on any atom is 0.303 e. The van der Waals surface area contributed by atoms with E-state index in [-0.39, 0.29) is 17.2 Å². The van der Waals surface area contributed by atoms with E-state index in [9.17, 15) is 13.2 Å². The van der Waals surface area contributed by atoms with E-state index in [4.69, 9.17) is 10.2 Å². The molecular weight excluding hydrogens is 256 g/mol. The summed E-state index contributed by atoms with van der Waals surface area (Å²) in [5.41, 5.74) is 0.879. The van der Waals surface area contributed by atoms with Crippen LogP contribution in [0.5, 0.6) is 0 Å². The number of carbonyl (C=O) groups is 1. The van der Waals surface area contributed by atoms with Crippen molar-refractivity contribution in [3.63, 3.8) is 0 Å². The number of benzene rings is 1. The molecule has 0 unspecified atom stereocenters. The Morgan fingerprint density at radius 3 is 2.33 bits per heavy atom. The van der Waals surface area contributed by atoms with Crippen molar-refractivity contribution in [1.29, 1.82) is 0 Å². The number of hydrogen-bond donors (Lipinski definition) is 2. The molecule has 0 radical (unpaired) electrons. The summed E-state index contributed by atoms with van der Waals surface area (Å²) in [6, 6.07) is 6.26. The molecule has 1 aromatic carbocycles. The van der Waals surface area contributed by atoms with Crippen LogP contribution in [0.25, 0.3) is 0 Å². The van der Waals surface area contributed by atoms with Gasteiger partial charge in [-0.05, 0) is 24.3 Å². The van der Waals surface area contributed by atoms with E-state index in [1.54, 1.807) is 12.1 Å². The average Bonchev–Trinajstić information content (AvgIpc) is 2.21. The zero-order chi connectivity index (χ0) is 13.3. The summed E-state index contributed by atoms with van der Waals surface area (Å²) in [6.07, 6.45) is 0.172. The number of sulfonamides is 1. The Kier molecular flexibility index (Phi) is 3.27. The van der Waals surface area contributed by atoms with Crippen LogP contribution < -0.4 is 10.0 Å². The first-order chi connectivity index (χ1) is 8.36. The molecule has 1 aliphatic heterocycles. The predicted molar refractivity (Wildman–Crippen MR) is 65.8 cm³/mol. The van der Waals surface area contributed by atoms with Gasteiger partial charge < -0.3 is 10.0 Å². The van der Waals surface area contributed by atoms with Crippen LogP contribution in [0.4, 0.5) is 5.69 Å². The van der Waals surface area contributed by atoms with Gasteiger partial charge in [-0.3, -0.25) is 4.79 Å². The molecule has 3 N–H and O–H groups in total. The third-order valence-corrected chi connectivity index (χ3v) is 3.88. The first-order valence-electron chi connectivity index (χ1n) is 5.46. The van der Waals surface area contributed by atoms with Crippen molar-refractivity contribution in [3.05, 3.63) is 24.3 Å².